The summed E-state index contributed by atoms with van der Waals surface area (Å²) in [7, 11) is 0. The molecule has 0 aliphatic heterocycles. The monoisotopic (exact) mass is 481 g/mol. The summed E-state index contributed by atoms with van der Waals surface area (Å²) in [6, 6.07) is 2.27. The first-order valence-corrected chi connectivity index (χ1v) is 9.09. The standard InChI is InChI=1S/C16H14ClF6N3OS.ClH/c1-8-4-9(18)10(5-11(8)28-6-16(21,22)23)27-3-2-24-15-12(17)13(14(19)20)25-7-26-15;/h4-5,7,14H,2-3,6H2,1H3,(H,24,25,26);1H. The van der Waals surface area contributed by atoms with Crippen LogP contribution >= 0.6 is 35.8 Å². The molecule has 2 aromatic rings. The molecule has 2 rings (SSSR count). The minimum Gasteiger partial charge on any atom is -0.489 e. The SMILES string of the molecule is Cc1cc(F)c(OCCNc2ncnc(C(F)F)c2Cl)cc1SCC(F)(F)F.Cl. The van der Waals surface area contributed by atoms with Crippen LogP contribution in [0, 0.1) is 12.7 Å². The molecule has 13 heteroatoms. The first kappa shape index (κ1) is 25.4. The molecule has 4 nitrogen and oxygen atoms in total. The number of thioether (sulfide) groups is 1. The third-order valence-electron chi connectivity index (χ3n) is 3.30. The molecule has 0 unspecified atom stereocenters. The summed E-state index contributed by atoms with van der Waals surface area (Å²) in [6.07, 6.45) is -6.31. The van der Waals surface area contributed by atoms with Crippen LogP contribution in [0.25, 0.3) is 0 Å². The van der Waals surface area contributed by atoms with Crippen LogP contribution in [0.4, 0.5) is 32.2 Å². The molecule has 0 spiro atoms. The van der Waals surface area contributed by atoms with Crippen LogP contribution in [0.15, 0.2) is 23.4 Å². The first-order valence-electron chi connectivity index (χ1n) is 7.73. The zero-order valence-corrected chi connectivity index (χ0v) is 17.1. The molecule has 1 aromatic carbocycles. The molecule has 1 N–H and O–H groups in total. The van der Waals surface area contributed by atoms with Crippen molar-refractivity contribution in [3.8, 4) is 5.75 Å². The number of aromatic nitrogens is 2. The second-order valence-electron chi connectivity index (χ2n) is 5.45. The Bertz CT molecular complexity index is 826. The topological polar surface area (TPSA) is 47.0 Å². The average molecular weight is 482 g/mol. The van der Waals surface area contributed by atoms with Crippen LogP contribution < -0.4 is 10.1 Å². The number of anilines is 1. The summed E-state index contributed by atoms with van der Waals surface area (Å²) in [5.41, 5.74) is -0.277. The number of nitrogens with zero attached hydrogens (tertiary/aromatic N) is 2. The van der Waals surface area contributed by atoms with Gasteiger partial charge in [0, 0.05) is 4.90 Å². The van der Waals surface area contributed by atoms with Crippen molar-refractivity contribution in [2.45, 2.75) is 24.4 Å². The Hall–Kier alpha value is -1.59. The van der Waals surface area contributed by atoms with Crippen molar-refractivity contribution in [2.75, 3.05) is 24.2 Å². The van der Waals surface area contributed by atoms with Crippen LogP contribution in [0.3, 0.4) is 0 Å². The van der Waals surface area contributed by atoms with Crippen molar-refractivity contribution < 1.29 is 31.1 Å². The van der Waals surface area contributed by atoms with Crippen molar-refractivity contribution in [2.24, 2.45) is 0 Å². The van der Waals surface area contributed by atoms with E-state index in [0.29, 0.717) is 17.3 Å². The fraction of sp³-hybridized carbons (Fsp3) is 0.375. The summed E-state index contributed by atoms with van der Waals surface area (Å²) in [6.45, 7) is 1.40. The van der Waals surface area contributed by atoms with E-state index in [1.807, 2.05) is 0 Å². The molecule has 0 aliphatic carbocycles. The molecule has 1 heterocycles. The maximum Gasteiger partial charge on any atom is 0.398 e. The fourth-order valence-corrected chi connectivity index (χ4v) is 3.09. The molecule has 162 valence electrons. The highest BCUT2D eigenvalue weighted by molar-refractivity contribution is 7.99. The van der Waals surface area contributed by atoms with Gasteiger partial charge in [-0.1, -0.05) is 11.6 Å². The molecular weight excluding hydrogens is 467 g/mol. The van der Waals surface area contributed by atoms with Crippen LogP contribution in [0.1, 0.15) is 17.7 Å². The van der Waals surface area contributed by atoms with Gasteiger partial charge < -0.3 is 10.1 Å². The van der Waals surface area contributed by atoms with Crippen molar-refractivity contribution in [3.63, 3.8) is 0 Å². The average Bonchev–Trinajstić information content (AvgIpc) is 2.59. The van der Waals surface area contributed by atoms with Crippen LogP contribution in [-0.4, -0.2) is 35.0 Å². The number of nitrogens with one attached hydrogen (secondary N) is 1. The Morgan fingerprint density at radius 1 is 1.24 bits per heavy atom. The second-order valence-corrected chi connectivity index (χ2v) is 6.84. The lowest BCUT2D eigenvalue weighted by atomic mass is 10.2. The molecule has 0 atom stereocenters. The van der Waals surface area contributed by atoms with Gasteiger partial charge in [-0.2, -0.15) is 13.2 Å². The van der Waals surface area contributed by atoms with E-state index in [0.717, 1.165) is 12.4 Å². The molecule has 0 bridgehead atoms. The Kier molecular flexibility index (Phi) is 9.63. The minimum atomic E-state index is -4.36. The van der Waals surface area contributed by atoms with E-state index in [1.165, 1.54) is 13.0 Å². The zero-order chi connectivity index (χ0) is 20.9. The molecule has 0 radical (unpaired) electrons. The number of aryl methyl sites for hydroxylation is 1. The Balaban J connectivity index is 0.00000420. The van der Waals surface area contributed by atoms with Crippen LogP contribution in [-0.2, 0) is 0 Å². The van der Waals surface area contributed by atoms with Gasteiger partial charge in [-0.05, 0) is 24.6 Å². The van der Waals surface area contributed by atoms with E-state index in [4.69, 9.17) is 16.3 Å². The van der Waals surface area contributed by atoms with E-state index < -0.39 is 29.9 Å². The summed E-state index contributed by atoms with van der Waals surface area (Å²) in [5.74, 6) is -2.10. The molecule has 0 saturated heterocycles. The largest absolute Gasteiger partial charge is 0.489 e. The third kappa shape index (κ3) is 7.63. The maximum atomic E-state index is 14.0. The van der Waals surface area contributed by atoms with E-state index >= 15 is 0 Å². The van der Waals surface area contributed by atoms with Crippen molar-refractivity contribution in [3.05, 3.63) is 40.6 Å². The fourth-order valence-electron chi connectivity index (χ4n) is 2.05. The Labute approximate surface area is 177 Å². The van der Waals surface area contributed by atoms with Gasteiger partial charge >= 0.3 is 6.18 Å². The van der Waals surface area contributed by atoms with Gasteiger partial charge in [0.1, 0.15) is 29.5 Å². The van der Waals surface area contributed by atoms with Gasteiger partial charge in [-0.25, -0.2) is 23.1 Å². The number of benzene rings is 1. The highest BCUT2D eigenvalue weighted by atomic mass is 35.5. The number of hydrogen-bond donors (Lipinski definition) is 1. The van der Waals surface area contributed by atoms with Gasteiger partial charge in [0.05, 0.1) is 12.3 Å². The van der Waals surface area contributed by atoms with E-state index in [1.54, 1.807) is 0 Å². The predicted molar refractivity (Wildman–Crippen MR) is 101 cm³/mol. The molecule has 29 heavy (non-hydrogen) atoms. The number of alkyl halides is 5. The Morgan fingerprint density at radius 3 is 2.55 bits per heavy atom. The summed E-state index contributed by atoms with van der Waals surface area (Å²) in [4.78, 5) is 7.35. The van der Waals surface area contributed by atoms with Gasteiger partial charge in [-0.15, -0.1) is 24.2 Å². The minimum absolute atomic E-state index is 0. The molecule has 0 amide bonds. The predicted octanol–water partition coefficient (Wildman–Crippen LogP) is 6.08. The number of halogens is 8. The molecule has 0 aliphatic rings. The molecular formula is C16H15Cl2F6N3OS. The van der Waals surface area contributed by atoms with Gasteiger partial charge in [0.2, 0.25) is 0 Å². The number of rotatable bonds is 8. The highest BCUT2D eigenvalue weighted by Gasteiger charge is 2.27. The smallest absolute Gasteiger partial charge is 0.398 e. The molecule has 1 aromatic heterocycles. The molecule has 0 saturated carbocycles. The molecule has 0 fully saturated rings. The lowest BCUT2D eigenvalue weighted by molar-refractivity contribution is -0.105. The van der Waals surface area contributed by atoms with Gasteiger partial charge in [0.15, 0.2) is 11.6 Å². The highest BCUT2D eigenvalue weighted by Crippen LogP contribution is 2.33. The third-order valence-corrected chi connectivity index (χ3v) is 4.89. The van der Waals surface area contributed by atoms with Gasteiger partial charge in [-0.3, -0.25) is 0 Å². The van der Waals surface area contributed by atoms with Crippen LogP contribution in [0.2, 0.25) is 5.02 Å². The first-order chi connectivity index (χ1) is 13.1. The summed E-state index contributed by atoms with van der Waals surface area (Å²) < 4.78 is 81.8. The van der Waals surface area contributed by atoms with E-state index in [2.05, 4.69) is 15.3 Å². The second kappa shape index (κ2) is 11.0. The van der Waals surface area contributed by atoms with Crippen molar-refractivity contribution in [1.29, 1.82) is 0 Å². The van der Waals surface area contributed by atoms with Crippen molar-refractivity contribution in [1.82, 2.24) is 9.97 Å². The summed E-state index contributed by atoms with van der Waals surface area (Å²) in [5, 5.41) is 2.31. The lowest BCUT2D eigenvalue weighted by Gasteiger charge is -2.13. The normalized spacial score (nSPS) is 11.3. The van der Waals surface area contributed by atoms with Crippen LogP contribution in [0.5, 0.6) is 5.75 Å². The summed E-state index contributed by atoms with van der Waals surface area (Å²) >= 11 is 6.30. The van der Waals surface area contributed by atoms with Crippen molar-refractivity contribution >= 4 is 41.6 Å². The van der Waals surface area contributed by atoms with E-state index in [-0.39, 0.29) is 47.0 Å². The lowest BCUT2D eigenvalue weighted by Crippen LogP contribution is -2.14. The Morgan fingerprint density at radius 2 is 1.93 bits per heavy atom. The zero-order valence-electron chi connectivity index (χ0n) is 14.7. The van der Waals surface area contributed by atoms with E-state index in [9.17, 15) is 26.3 Å². The maximum absolute atomic E-state index is 14.0. The number of ether oxygens (including phenoxy) is 1. The number of hydrogen-bond acceptors (Lipinski definition) is 5. The van der Waals surface area contributed by atoms with Gasteiger partial charge in [0.25, 0.3) is 6.43 Å². The quantitative estimate of drug-likeness (QED) is 0.281.